The fraction of sp³-hybridized carbons (Fsp3) is 0.594. The molecule has 2 saturated heterocycles. The SMILES string of the molecule is CC(C)[C@H](NC(=O)[C@H](Cc1ccccc1)NC(=O)[C@H](CCCN=C(N)N)NC(=O)[C@@H]1CCCN1C(=O)[C@@H]1CCCN1C(=O)CN)C(N)=O. The first-order valence-corrected chi connectivity index (χ1v) is 16.4. The number of aliphatic imine (C=N–C) groups is 1. The minimum atomic E-state index is -1.12. The number of nitrogens with two attached hydrogens (primary N) is 4. The van der Waals surface area contributed by atoms with Gasteiger partial charge in [0.25, 0.3) is 0 Å². The molecule has 11 N–H and O–H groups in total. The third-order valence-electron chi connectivity index (χ3n) is 8.64. The number of benzene rings is 1. The normalized spacial score (nSPS) is 19.2. The van der Waals surface area contributed by atoms with Crippen molar-refractivity contribution in [2.75, 3.05) is 26.2 Å². The summed E-state index contributed by atoms with van der Waals surface area (Å²) in [6.45, 7) is 4.19. The zero-order chi connectivity index (χ0) is 35.4. The lowest BCUT2D eigenvalue weighted by Gasteiger charge is -2.31. The molecule has 0 radical (unpaired) electrons. The molecular formula is C32H50N10O6. The number of guanidine groups is 1. The molecule has 0 aliphatic carbocycles. The van der Waals surface area contributed by atoms with Gasteiger partial charge in [0.15, 0.2) is 5.96 Å². The van der Waals surface area contributed by atoms with E-state index in [9.17, 15) is 28.8 Å². The number of nitrogens with one attached hydrogen (secondary N) is 3. The van der Waals surface area contributed by atoms with Gasteiger partial charge in [-0.05, 0) is 50.0 Å². The predicted octanol–water partition coefficient (Wildman–Crippen LogP) is -2.18. The molecule has 48 heavy (non-hydrogen) atoms. The van der Waals surface area contributed by atoms with Crippen LogP contribution in [0.4, 0.5) is 0 Å². The highest BCUT2D eigenvalue weighted by atomic mass is 16.2. The lowest BCUT2D eigenvalue weighted by atomic mass is 10.0. The summed E-state index contributed by atoms with van der Waals surface area (Å²) in [6, 6.07) is 4.26. The molecule has 0 saturated carbocycles. The van der Waals surface area contributed by atoms with E-state index in [1.54, 1.807) is 38.1 Å². The third-order valence-corrected chi connectivity index (χ3v) is 8.64. The second kappa shape index (κ2) is 18.0. The number of carbonyl (C=O) groups is 6. The summed E-state index contributed by atoms with van der Waals surface area (Å²) in [5.41, 5.74) is 22.7. The van der Waals surface area contributed by atoms with Crippen molar-refractivity contribution in [3.05, 3.63) is 35.9 Å². The van der Waals surface area contributed by atoms with Gasteiger partial charge in [-0.3, -0.25) is 33.8 Å². The zero-order valence-electron chi connectivity index (χ0n) is 27.7. The summed E-state index contributed by atoms with van der Waals surface area (Å²) in [6.07, 6.45) is 2.60. The number of carbonyl (C=O) groups excluding carboxylic acids is 6. The van der Waals surface area contributed by atoms with Crippen molar-refractivity contribution >= 4 is 41.4 Å². The maximum absolute atomic E-state index is 13.8. The minimum absolute atomic E-state index is 0.0982. The molecule has 1 aromatic rings. The summed E-state index contributed by atoms with van der Waals surface area (Å²) >= 11 is 0. The second-order valence-corrected chi connectivity index (χ2v) is 12.5. The second-order valence-electron chi connectivity index (χ2n) is 12.5. The Bertz CT molecular complexity index is 1340. The van der Waals surface area contributed by atoms with Gasteiger partial charge in [-0.15, -0.1) is 0 Å². The van der Waals surface area contributed by atoms with Crippen LogP contribution >= 0.6 is 0 Å². The predicted molar refractivity (Wildman–Crippen MR) is 178 cm³/mol. The largest absolute Gasteiger partial charge is 0.370 e. The van der Waals surface area contributed by atoms with Gasteiger partial charge in [0.2, 0.25) is 35.4 Å². The molecule has 16 nitrogen and oxygen atoms in total. The topological polar surface area (TPSA) is 261 Å². The van der Waals surface area contributed by atoms with E-state index in [-0.39, 0.29) is 49.6 Å². The maximum Gasteiger partial charge on any atom is 0.246 e. The van der Waals surface area contributed by atoms with Crippen molar-refractivity contribution in [2.24, 2.45) is 33.8 Å². The summed E-state index contributed by atoms with van der Waals surface area (Å²) in [5.74, 6) is -3.58. The quantitative estimate of drug-likeness (QED) is 0.0572. The molecule has 0 aromatic heterocycles. The number of likely N-dealkylation sites (tertiary alicyclic amines) is 2. The number of hydrogen-bond acceptors (Lipinski definition) is 8. The van der Waals surface area contributed by atoms with Crippen LogP contribution in [0.15, 0.2) is 35.3 Å². The Kier molecular flexibility index (Phi) is 14.1. The third kappa shape index (κ3) is 10.4. The van der Waals surface area contributed by atoms with Gasteiger partial charge < -0.3 is 48.7 Å². The molecule has 1 aromatic carbocycles. The molecule has 0 unspecified atom stereocenters. The number of primary amides is 1. The molecule has 0 bridgehead atoms. The highest BCUT2D eigenvalue weighted by Crippen LogP contribution is 2.25. The van der Waals surface area contributed by atoms with Crippen LogP contribution in [0.25, 0.3) is 0 Å². The van der Waals surface area contributed by atoms with E-state index >= 15 is 0 Å². The summed E-state index contributed by atoms with van der Waals surface area (Å²) in [4.78, 5) is 85.9. The zero-order valence-corrected chi connectivity index (χ0v) is 27.7. The Hall–Kier alpha value is -4.73. The fourth-order valence-electron chi connectivity index (χ4n) is 6.13. The highest BCUT2D eigenvalue weighted by molar-refractivity contribution is 5.97. The maximum atomic E-state index is 13.8. The van der Waals surface area contributed by atoms with Gasteiger partial charge >= 0.3 is 0 Å². The van der Waals surface area contributed by atoms with Gasteiger partial charge in [-0.1, -0.05) is 44.2 Å². The van der Waals surface area contributed by atoms with E-state index in [1.807, 2.05) is 6.07 Å². The molecule has 2 aliphatic rings. The number of nitrogens with zero attached hydrogens (tertiary/aromatic N) is 3. The average Bonchev–Trinajstić information content (AvgIpc) is 3.75. The van der Waals surface area contributed by atoms with E-state index in [1.165, 1.54) is 9.80 Å². The van der Waals surface area contributed by atoms with E-state index in [0.717, 1.165) is 5.56 Å². The van der Waals surface area contributed by atoms with Crippen molar-refractivity contribution in [3.8, 4) is 0 Å². The Morgan fingerprint density at radius 1 is 0.854 bits per heavy atom. The van der Waals surface area contributed by atoms with Crippen molar-refractivity contribution < 1.29 is 28.8 Å². The number of hydrogen-bond donors (Lipinski definition) is 7. The van der Waals surface area contributed by atoms with E-state index in [4.69, 9.17) is 22.9 Å². The molecule has 6 amide bonds. The van der Waals surface area contributed by atoms with Crippen LogP contribution in [-0.2, 0) is 35.2 Å². The van der Waals surface area contributed by atoms with Crippen LogP contribution in [0.1, 0.15) is 57.9 Å². The van der Waals surface area contributed by atoms with Crippen LogP contribution in [0.2, 0.25) is 0 Å². The smallest absolute Gasteiger partial charge is 0.246 e. The minimum Gasteiger partial charge on any atom is -0.370 e. The first-order valence-electron chi connectivity index (χ1n) is 16.4. The van der Waals surface area contributed by atoms with Gasteiger partial charge in [-0.25, -0.2) is 0 Å². The molecule has 264 valence electrons. The molecule has 2 fully saturated rings. The van der Waals surface area contributed by atoms with Gasteiger partial charge in [-0.2, -0.15) is 0 Å². The van der Waals surface area contributed by atoms with Crippen molar-refractivity contribution in [2.45, 2.75) is 89.0 Å². The van der Waals surface area contributed by atoms with Crippen molar-refractivity contribution in [3.63, 3.8) is 0 Å². The Balaban J connectivity index is 1.81. The molecule has 2 aliphatic heterocycles. The van der Waals surface area contributed by atoms with Crippen molar-refractivity contribution in [1.29, 1.82) is 0 Å². The summed E-state index contributed by atoms with van der Waals surface area (Å²) in [5, 5.41) is 8.20. The average molecular weight is 671 g/mol. The first kappa shape index (κ1) is 37.7. The van der Waals surface area contributed by atoms with E-state index in [0.29, 0.717) is 45.2 Å². The van der Waals surface area contributed by atoms with Gasteiger partial charge in [0.05, 0.1) is 6.54 Å². The van der Waals surface area contributed by atoms with Crippen LogP contribution in [0.5, 0.6) is 0 Å². The van der Waals surface area contributed by atoms with Gasteiger partial charge in [0.1, 0.15) is 30.2 Å². The lowest BCUT2D eigenvalue weighted by molar-refractivity contribution is -0.146. The van der Waals surface area contributed by atoms with Gasteiger partial charge in [0, 0.05) is 26.1 Å². The van der Waals surface area contributed by atoms with Crippen molar-refractivity contribution in [1.82, 2.24) is 25.8 Å². The number of rotatable bonds is 16. The van der Waals surface area contributed by atoms with Crippen LogP contribution in [-0.4, -0.2) is 108 Å². The Morgan fingerprint density at radius 3 is 2.08 bits per heavy atom. The summed E-state index contributed by atoms with van der Waals surface area (Å²) in [7, 11) is 0. The van der Waals surface area contributed by atoms with E-state index < -0.39 is 53.8 Å². The molecule has 2 heterocycles. The van der Waals surface area contributed by atoms with Crippen LogP contribution < -0.4 is 38.9 Å². The summed E-state index contributed by atoms with van der Waals surface area (Å²) < 4.78 is 0. The first-order chi connectivity index (χ1) is 22.8. The molecule has 5 atom stereocenters. The van der Waals surface area contributed by atoms with Crippen LogP contribution in [0, 0.1) is 5.92 Å². The standard InChI is InChI=1S/C32H50N10O6/c1-19(2)26(27(34)44)40-29(46)22(17-20-9-4-3-5-10-20)39-28(45)21(11-6-14-37-32(35)36)38-30(47)23-12-7-16-42(23)31(48)24-13-8-15-41(24)25(43)18-33/h3-5,9-10,19,21-24,26H,6-8,11-18,33H2,1-2H3,(H2,34,44)(H,38,47)(H,39,45)(H,40,46)(H4,35,36,37)/t21-,22-,23-,24-,26-/m0/s1. The fourth-order valence-corrected chi connectivity index (χ4v) is 6.13. The molecule has 16 heteroatoms. The molecule has 0 spiro atoms. The lowest BCUT2D eigenvalue weighted by Crippen LogP contribution is -2.59. The Labute approximate surface area is 280 Å². The molecule has 3 rings (SSSR count). The van der Waals surface area contributed by atoms with E-state index in [2.05, 4.69) is 20.9 Å². The van der Waals surface area contributed by atoms with Crippen LogP contribution in [0.3, 0.4) is 0 Å². The highest BCUT2D eigenvalue weighted by Gasteiger charge is 2.42. The monoisotopic (exact) mass is 670 g/mol. The molecular weight excluding hydrogens is 620 g/mol. The Morgan fingerprint density at radius 2 is 1.48 bits per heavy atom. The number of amides is 6.